The smallest absolute Gasteiger partial charge is 0.227 e. The topological polar surface area (TPSA) is 64.6 Å². The van der Waals surface area contributed by atoms with Crippen molar-refractivity contribution in [3.63, 3.8) is 0 Å². The Morgan fingerprint density at radius 3 is 2.78 bits per heavy atom. The van der Waals surface area contributed by atoms with Crippen molar-refractivity contribution in [1.29, 1.82) is 0 Å². The predicted molar refractivity (Wildman–Crippen MR) is 91.1 cm³/mol. The summed E-state index contributed by atoms with van der Waals surface area (Å²) in [4.78, 5) is 14.7. The number of amides is 1. The summed E-state index contributed by atoms with van der Waals surface area (Å²) >= 11 is 0. The van der Waals surface area contributed by atoms with E-state index in [0.29, 0.717) is 5.92 Å². The maximum absolute atomic E-state index is 12.3. The van der Waals surface area contributed by atoms with E-state index in [9.17, 15) is 9.90 Å². The molecule has 1 aromatic carbocycles. The molecular formula is C18H27N3O2. The average molecular weight is 317 g/mol. The van der Waals surface area contributed by atoms with E-state index in [1.807, 2.05) is 19.1 Å². The van der Waals surface area contributed by atoms with Crippen molar-refractivity contribution < 1.29 is 9.90 Å². The van der Waals surface area contributed by atoms with Crippen molar-refractivity contribution in [1.82, 2.24) is 10.2 Å². The molecule has 1 aromatic rings. The van der Waals surface area contributed by atoms with E-state index in [4.69, 9.17) is 0 Å². The van der Waals surface area contributed by atoms with Crippen molar-refractivity contribution in [3.05, 3.63) is 29.8 Å². The molecule has 2 heterocycles. The third-order valence-corrected chi connectivity index (χ3v) is 5.09. The first-order valence-corrected chi connectivity index (χ1v) is 8.63. The zero-order valence-corrected chi connectivity index (χ0v) is 13.8. The largest absolute Gasteiger partial charge is 0.393 e. The standard InChI is InChI=1S/C18H27N3O2/c1-13(15-10-19-11-15)18(23)20-16-4-2-3-14(9-16)12-21-7-5-17(22)6-8-21/h2-4,9,13,15,17,19,22H,5-8,10-12H2,1H3,(H,20,23). The highest BCUT2D eigenvalue weighted by molar-refractivity contribution is 5.92. The fourth-order valence-electron chi connectivity index (χ4n) is 3.22. The number of aliphatic hydroxyl groups is 1. The first kappa shape index (κ1) is 16.4. The number of carbonyl (C=O) groups excluding carboxylic acids is 1. The first-order valence-electron chi connectivity index (χ1n) is 8.63. The number of anilines is 1. The van der Waals surface area contributed by atoms with Crippen LogP contribution in [0, 0.1) is 11.8 Å². The Morgan fingerprint density at radius 2 is 2.13 bits per heavy atom. The summed E-state index contributed by atoms with van der Waals surface area (Å²) in [6.45, 7) is 6.63. The minimum absolute atomic E-state index is 0.0449. The number of nitrogens with one attached hydrogen (secondary N) is 2. The van der Waals surface area contributed by atoms with E-state index in [2.05, 4.69) is 27.7 Å². The van der Waals surface area contributed by atoms with Crippen molar-refractivity contribution in [2.24, 2.45) is 11.8 Å². The molecule has 1 unspecified atom stereocenters. The van der Waals surface area contributed by atoms with Gasteiger partial charge in [-0.1, -0.05) is 19.1 Å². The van der Waals surface area contributed by atoms with Gasteiger partial charge in [-0.25, -0.2) is 0 Å². The Bertz CT molecular complexity index is 537. The second kappa shape index (κ2) is 7.43. The molecule has 0 bridgehead atoms. The molecule has 5 heteroatoms. The zero-order chi connectivity index (χ0) is 16.2. The lowest BCUT2D eigenvalue weighted by atomic mass is 9.88. The molecule has 3 rings (SSSR count). The predicted octanol–water partition coefficient (Wildman–Crippen LogP) is 1.44. The molecule has 23 heavy (non-hydrogen) atoms. The van der Waals surface area contributed by atoms with Crippen LogP contribution in [0.3, 0.4) is 0 Å². The SMILES string of the molecule is CC(C(=O)Nc1cccc(CN2CCC(O)CC2)c1)C1CNC1. The van der Waals surface area contributed by atoms with E-state index in [1.165, 1.54) is 5.56 Å². The average Bonchev–Trinajstić information content (AvgIpc) is 2.48. The van der Waals surface area contributed by atoms with Crippen LogP contribution in [0.5, 0.6) is 0 Å². The van der Waals surface area contributed by atoms with Crippen LogP contribution in [0.25, 0.3) is 0 Å². The van der Waals surface area contributed by atoms with Crippen molar-refractivity contribution in [2.45, 2.75) is 32.4 Å². The minimum Gasteiger partial charge on any atom is -0.393 e. The molecule has 0 spiro atoms. The highest BCUT2D eigenvalue weighted by atomic mass is 16.3. The zero-order valence-electron chi connectivity index (χ0n) is 13.8. The van der Waals surface area contributed by atoms with Crippen LogP contribution in [0.4, 0.5) is 5.69 Å². The van der Waals surface area contributed by atoms with E-state index < -0.39 is 0 Å². The molecule has 1 atom stereocenters. The molecule has 126 valence electrons. The fourth-order valence-corrected chi connectivity index (χ4v) is 3.22. The van der Waals surface area contributed by atoms with Crippen molar-refractivity contribution >= 4 is 11.6 Å². The third-order valence-electron chi connectivity index (χ3n) is 5.09. The van der Waals surface area contributed by atoms with E-state index >= 15 is 0 Å². The number of aliphatic hydroxyl groups excluding tert-OH is 1. The lowest BCUT2D eigenvalue weighted by molar-refractivity contribution is -0.121. The maximum Gasteiger partial charge on any atom is 0.227 e. The number of benzene rings is 1. The summed E-state index contributed by atoms with van der Waals surface area (Å²) in [7, 11) is 0. The number of nitrogens with zero attached hydrogens (tertiary/aromatic N) is 1. The molecule has 0 aliphatic carbocycles. The Hall–Kier alpha value is -1.43. The van der Waals surface area contributed by atoms with E-state index in [1.54, 1.807) is 0 Å². The monoisotopic (exact) mass is 317 g/mol. The highest BCUT2D eigenvalue weighted by Crippen LogP contribution is 2.20. The normalized spacial score (nSPS) is 21.7. The van der Waals surface area contributed by atoms with Gasteiger partial charge in [0.15, 0.2) is 0 Å². The maximum atomic E-state index is 12.3. The Morgan fingerprint density at radius 1 is 1.39 bits per heavy atom. The van der Waals surface area contributed by atoms with Gasteiger partial charge in [0, 0.05) is 31.2 Å². The molecule has 1 amide bonds. The van der Waals surface area contributed by atoms with Gasteiger partial charge in [-0.05, 0) is 49.5 Å². The molecule has 5 nitrogen and oxygen atoms in total. The van der Waals surface area contributed by atoms with Crippen LogP contribution in [0.1, 0.15) is 25.3 Å². The number of piperidine rings is 1. The third kappa shape index (κ3) is 4.31. The first-order chi connectivity index (χ1) is 11.1. The fraction of sp³-hybridized carbons (Fsp3) is 0.611. The van der Waals surface area contributed by atoms with Crippen LogP contribution in [0.2, 0.25) is 0 Å². The van der Waals surface area contributed by atoms with Crippen LogP contribution >= 0.6 is 0 Å². The Kier molecular flexibility index (Phi) is 5.30. The van der Waals surface area contributed by atoms with Crippen molar-refractivity contribution in [3.8, 4) is 0 Å². The lowest BCUT2D eigenvalue weighted by Gasteiger charge is -2.31. The van der Waals surface area contributed by atoms with Crippen LogP contribution in [-0.4, -0.2) is 48.2 Å². The summed E-state index contributed by atoms with van der Waals surface area (Å²) in [6.07, 6.45) is 1.56. The summed E-state index contributed by atoms with van der Waals surface area (Å²) < 4.78 is 0. The molecule has 0 radical (unpaired) electrons. The van der Waals surface area contributed by atoms with Gasteiger partial charge in [0.1, 0.15) is 0 Å². The molecule has 0 aromatic heterocycles. The van der Waals surface area contributed by atoms with Crippen LogP contribution in [0.15, 0.2) is 24.3 Å². The molecular weight excluding hydrogens is 290 g/mol. The van der Waals surface area contributed by atoms with Gasteiger partial charge in [-0.3, -0.25) is 9.69 Å². The summed E-state index contributed by atoms with van der Waals surface area (Å²) in [5.41, 5.74) is 2.08. The highest BCUT2D eigenvalue weighted by Gasteiger charge is 2.28. The van der Waals surface area contributed by atoms with Gasteiger partial charge in [0.25, 0.3) is 0 Å². The molecule has 0 saturated carbocycles. The van der Waals surface area contributed by atoms with Gasteiger partial charge in [-0.15, -0.1) is 0 Å². The van der Waals surface area contributed by atoms with Gasteiger partial charge in [0.05, 0.1) is 6.10 Å². The summed E-state index contributed by atoms with van der Waals surface area (Å²) in [5.74, 6) is 0.608. The number of rotatable bonds is 5. The molecule has 2 fully saturated rings. The summed E-state index contributed by atoms with van der Waals surface area (Å²) in [6, 6.07) is 8.11. The van der Waals surface area contributed by atoms with Gasteiger partial charge in [-0.2, -0.15) is 0 Å². The molecule has 2 aliphatic rings. The number of hydrogen-bond donors (Lipinski definition) is 3. The van der Waals surface area contributed by atoms with Crippen LogP contribution in [-0.2, 0) is 11.3 Å². The molecule has 2 aliphatic heterocycles. The minimum atomic E-state index is -0.139. The summed E-state index contributed by atoms with van der Waals surface area (Å²) in [5, 5.41) is 15.8. The van der Waals surface area contributed by atoms with Crippen molar-refractivity contribution in [2.75, 3.05) is 31.5 Å². The van der Waals surface area contributed by atoms with E-state index in [0.717, 1.165) is 51.3 Å². The van der Waals surface area contributed by atoms with Crippen LogP contribution < -0.4 is 10.6 Å². The van der Waals surface area contributed by atoms with E-state index in [-0.39, 0.29) is 17.9 Å². The van der Waals surface area contributed by atoms with Gasteiger partial charge in [0.2, 0.25) is 5.91 Å². The number of hydrogen-bond acceptors (Lipinski definition) is 4. The van der Waals surface area contributed by atoms with Gasteiger partial charge < -0.3 is 15.7 Å². The second-order valence-electron chi connectivity index (χ2n) is 6.90. The number of carbonyl (C=O) groups is 1. The Labute approximate surface area is 138 Å². The Balaban J connectivity index is 1.55. The number of likely N-dealkylation sites (tertiary alicyclic amines) is 1. The molecule has 2 saturated heterocycles. The molecule has 3 N–H and O–H groups in total. The lowest BCUT2D eigenvalue weighted by Crippen LogP contribution is -2.48. The second-order valence-corrected chi connectivity index (χ2v) is 6.90. The quantitative estimate of drug-likeness (QED) is 0.769. The van der Waals surface area contributed by atoms with Gasteiger partial charge >= 0.3 is 0 Å².